The summed E-state index contributed by atoms with van der Waals surface area (Å²) in [5, 5.41) is 4.01. The topological polar surface area (TPSA) is 0 Å². The van der Waals surface area contributed by atoms with Crippen LogP contribution in [0.1, 0.15) is 38.8 Å². The molecular weight excluding hydrogens is 819 g/mol. The Morgan fingerprint density at radius 1 is 0.362 bits per heavy atom. The molecule has 1 unspecified atom stereocenters. The number of rotatable bonds is 8. The fourth-order valence-corrected chi connectivity index (χ4v) is 17.2. The largest absolute Gasteiger partial charge is 1.00 e. The molecule has 0 nitrogen and oxygen atoms in total. The van der Waals surface area contributed by atoms with E-state index in [0.717, 1.165) is 0 Å². The second kappa shape index (κ2) is 18.4. The van der Waals surface area contributed by atoms with Gasteiger partial charge in [-0.2, -0.15) is 0 Å². The maximum Gasteiger partial charge on any atom is -1.00 e. The first-order valence-electron chi connectivity index (χ1n) is 19.3. The van der Waals surface area contributed by atoms with Crippen LogP contribution in [-0.4, -0.2) is 8.07 Å². The molecule has 0 aliphatic heterocycles. The van der Waals surface area contributed by atoms with Gasteiger partial charge in [0.2, 0.25) is 0 Å². The van der Waals surface area contributed by atoms with Crippen molar-refractivity contribution in [3.05, 3.63) is 208 Å². The monoisotopic (exact) mass is 864 g/mol. The van der Waals surface area contributed by atoms with Gasteiger partial charge in [0.25, 0.3) is 0 Å². The van der Waals surface area contributed by atoms with Crippen LogP contribution in [0.15, 0.2) is 197 Å². The number of allylic oxidation sites excluding steroid dienone is 4. The zero-order chi connectivity index (χ0) is 38.3. The van der Waals surface area contributed by atoms with Crippen molar-refractivity contribution in [1.82, 2.24) is 0 Å². The van der Waals surface area contributed by atoms with Gasteiger partial charge in [0, 0.05) is 0 Å². The van der Waals surface area contributed by atoms with E-state index in [-0.39, 0.29) is 42.3 Å². The Labute approximate surface area is 377 Å². The Bertz CT molecular complexity index is 2310. The fraction of sp³-hybridized carbons (Fsp3) is 0.132. The number of aryl methyl sites for hydroxylation is 2. The third-order valence-electron chi connectivity index (χ3n) is 12.3. The predicted octanol–water partition coefficient (Wildman–Crippen LogP) is 3.38. The minimum atomic E-state index is -3.16. The van der Waals surface area contributed by atoms with Gasteiger partial charge >= 0.3 is 343 Å². The smallest absolute Gasteiger partial charge is 1.00 e. The van der Waals surface area contributed by atoms with E-state index in [2.05, 4.69) is 238 Å². The van der Waals surface area contributed by atoms with Crippen molar-refractivity contribution >= 4 is 23.6 Å². The Morgan fingerprint density at radius 3 is 0.931 bits per heavy atom. The summed E-state index contributed by atoms with van der Waals surface area (Å²) in [6, 6.07) is 66.4. The van der Waals surface area contributed by atoms with Crippen molar-refractivity contribution in [1.29, 1.82) is 0 Å². The normalized spacial score (nSPS) is 15.0. The quantitative estimate of drug-likeness (QED) is 0.163. The summed E-state index contributed by atoms with van der Waals surface area (Å²) in [7, 11) is -3.16. The molecule has 0 amide bonds. The van der Waals surface area contributed by atoms with Gasteiger partial charge in [0.15, 0.2) is 0 Å². The van der Waals surface area contributed by atoms with Gasteiger partial charge in [-0.05, 0) is 0 Å². The molecule has 0 fully saturated rings. The van der Waals surface area contributed by atoms with Gasteiger partial charge < -0.3 is 37.2 Å². The first kappa shape index (κ1) is 44.9. The molecule has 1 aliphatic rings. The van der Waals surface area contributed by atoms with E-state index < -0.39 is 8.07 Å². The van der Waals surface area contributed by atoms with E-state index in [1.54, 1.807) is 0 Å². The third-order valence-corrected chi connectivity index (χ3v) is 19.7. The minimum absolute atomic E-state index is 0. The van der Waals surface area contributed by atoms with Gasteiger partial charge in [-0.3, -0.25) is 0 Å². The molecule has 0 spiro atoms. The minimum Gasteiger partial charge on any atom is -1.00 e. The Kier molecular flexibility index (Phi) is 14.2. The number of halogens is 3. The molecule has 58 heavy (non-hydrogen) atoms. The van der Waals surface area contributed by atoms with Crippen molar-refractivity contribution in [3.63, 3.8) is 0 Å². The summed E-state index contributed by atoms with van der Waals surface area (Å²) in [5.74, 6) is 0. The third kappa shape index (κ3) is 7.82. The summed E-state index contributed by atoms with van der Waals surface area (Å²) in [6.45, 7) is 14.3. The fourth-order valence-electron chi connectivity index (χ4n) is 9.31. The van der Waals surface area contributed by atoms with Crippen molar-refractivity contribution < 1.29 is 57.7 Å². The summed E-state index contributed by atoms with van der Waals surface area (Å²) in [6.07, 6.45) is 0. The molecule has 1 aliphatic carbocycles. The molecule has 7 aromatic rings. The van der Waals surface area contributed by atoms with Gasteiger partial charge in [0.1, 0.15) is 0 Å². The molecule has 0 aromatic heterocycles. The molecule has 0 bridgehead atoms. The van der Waals surface area contributed by atoms with Crippen LogP contribution in [0, 0.1) is 13.8 Å². The van der Waals surface area contributed by atoms with Crippen LogP contribution < -0.4 is 52.8 Å². The van der Waals surface area contributed by atoms with Gasteiger partial charge in [0.05, 0.1) is 0 Å². The zero-order valence-electron chi connectivity index (χ0n) is 33.9. The second-order valence-electron chi connectivity index (χ2n) is 15.6. The van der Waals surface area contributed by atoms with Crippen LogP contribution in [0.3, 0.4) is 0 Å². The molecule has 7 aromatic carbocycles. The number of benzene rings is 7. The van der Waals surface area contributed by atoms with Gasteiger partial charge in [-0.1, -0.05) is 0 Å². The Balaban J connectivity index is 0.00000214. The van der Waals surface area contributed by atoms with Crippen molar-refractivity contribution in [3.8, 4) is 44.5 Å². The van der Waals surface area contributed by atoms with E-state index in [4.69, 9.17) is 0 Å². The SMILES string of the molecule is CC1=C(C)C(C)([Si](c2cc(C)cc(C)c2)(c2cc(-c3ccccc3)cc(-c3ccccc3)c2)c2cc(-c3ccccc3)cc(-c3ccccc3)c2)[C]([Ti+3])=C1C.[Cl-].[Cl-].[Cl-]. The molecule has 0 saturated heterocycles. The summed E-state index contributed by atoms with van der Waals surface area (Å²) >= 11 is 2.43. The van der Waals surface area contributed by atoms with Crippen LogP contribution in [0.4, 0.5) is 0 Å². The summed E-state index contributed by atoms with van der Waals surface area (Å²) in [4.78, 5) is 0. The number of hydrogen-bond donors (Lipinski definition) is 0. The molecule has 0 saturated carbocycles. The first-order chi connectivity index (χ1) is 26.6. The number of hydrogen-bond acceptors (Lipinski definition) is 0. The van der Waals surface area contributed by atoms with Crippen molar-refractivity contribution in [2.45, 2.75) is 46.6 Å². The van der Waals surface area contributed by atoms with E-state index in [1.165, 1.54) is 91.8 Å². The van der Waals surface area contributed by atoms with Crippen LogP contribution >= 0.6 is 0 Å². The zero-order valence-corrected chi connectivity index (χ0v) is 38.7. The van der Waals surface area contributed by atoms with E-state index >= 15 is 0 Å². The molecule has 1 atom stereocenters. The molecule has 288 valence electrons. The molecule has 0 radical (unpaired) electrons. The average Bonchev–Trinajstić information content (AvgIpc) is 3.37. The van der Waals surface area contributed by atoms with Crippen LogP contribution in [0.25, 0.3) is 44.5 Å². The predicted molar refractivity (Wildman–Crippen MR) is 235 cm³/mol. The van der Waals surface area contributed by atoms with E-state index in [1.807, 2.05) is 0 Å². The maximum absolute atomic E-state index is 3.16. The van der Waals surface area contributed by atoms with Crippen LogP contribution in [-0.2, 0) is 20.4 Å². The Morgan fingerprint density at radius 2 is 0.655 bits per heavy atom. The second-order valence-corrected chi connectivity index (χ2v) is 20.6. The summed E-state index contributed by atoms with van der Waals surface area (Å²) in [5.41, 5.74) is 16.9. The van der Waals surface area contributed by atoms with Crippen molar-refractivity contribution in [2.75, 3.05) is 0 Å². The Hall–Kier alpha value is -4.18. The van der Waals surface area contributed by atoms with Crippen LogP contribution in [0.5, 0.6) is 0 Å². The molecule has 5 heteroatoms. The van der Waals surface area contributed by atoms with Crippen LogP contribution in [0.2, 0.25) is 5.04 Å². The standard InChI is InChI=1S/C53H47Si.3ClH.Ti/c1-37-27-38(2)29-50(28-37)54(53(6)36-39(3)40(4)41(53)5,51-32-46(42-19-11-7-12-20-42)30-47(33-51)43-21-13-8-14-22-43)52-34-48(44-23-15-9-16-24-44)31-49(35-52)45-25-17-10-18-26-45;;;;/h7-35H,1-6H3;3*1H;/q;;;;+3/p-3. The van der Waals surface area contributed by atoms with Gasteiger partial charge in [-0.25, -0.2) is 0 Å². The van der Waals surface area contributed by atoms with Gasteiger partial charge in [-0.15, -0.1) is 0 Å². The summed E-state index contributed by atoms with van der Waals surface area (Å²) < 4.78 is 1.48. The molecule has 8 rings (SSSR count). The van der Waals surface area contributed by atoms with Crippen molar-refractivity contribution in [2.24, 2.45) is 0 Å². The molecular formula is C53H47Cl3SiTi. The average molecular weight is 866 g/mol. The molecule has 0 N–H and O–H groups in total. The molecule has 0 heterocycles. The maximum atomic E-state index is 2.59. The van der Waals surface area contributed by atoms with E-state index in [9.17, 15) is 0 Å². The first-order valence-corrected chi connectivity index (χ1v) is 22.1. The van der Waals surface area contributed by atoms with E-state index in [0.29, 0.717) is 0 Å².